The molecular weight excluding hydrogens is 256 g/mol. The van der Waals surface area contributed by atoms with Gasteiger partial charge >= 0.3 is 5.97 Å². The second kappa shape index (κ2) is 4.97. The molecule has 18 heavy (non-hydrogen) atoms. The van der Waals surface area contributed by atoms with Crippen molar-refractivity contribution < 1.29 is 9.90 Å². The van der Waals surface area contributed by atoms with Crippen LogP contribution in [-0.2, 0) is 6.42 Å². The third kappa shape index (κ3) is 2.38. The molecule has 2 aromatic rings. The van der Waals surface area contributed by atoms with Gasteiger partial charge in [0.15, 0.2) is 11.5 Å². The number of carbonyl (C=O) groups is 1. The molecule has 2 heterocycles. The minimum atomic E-state index is -1.10. The van der Waals surface area contributed by atoms with E-state index in [-0.39, 0.29) is 16.7 Å². The molecule has 1 N–H and O–H groups in total. The molecule has 0 amide bonds. The number of aromatic nitrogens is 4. The lowest BCUT2D eigenvalue weighted by Crippen LogP contribution is -2.09. The first-order valence-electron chi connectivity index (χ1n) is 5.03. The molecule has 0 spiro atoms. The van der Waals surface area contributed by atoms with Gasteiger partial charge in [-0.1, -0.05) is 17.7 Å². The number of hydrogen-bond donors (Lipinski definition) is 1. The molecule has 2 rings (SSSR count). The summed E-state index contributed by atoms with van der Waals surface area (Å²) >= 11 is 5.72. The van der Waals surface area contributed by atoms with Crippen LogP contribution < -0.4 is 0 Å². The topological polar surface area (TPSA) is 80.9 Å². The molecule has 0 aliphatic heterocycles. The standard InChI is InChI=1S/C11H9ClN4O2/c1-2-3-7-4-8(11(17)18)16(15-7)10-6-13-5-9(12)14-10/h2,4-6H,1,3H2,(H,17,18). The van der Waals surface area contributed by atoms with Gasteiger partial charge in [-0.05, 0) is 6.07 Å². The highest BCUT2D eigenvalue weighted by Crippen LogP contribution is 2.13. The lowest BCUT2D eigenvalue weighted by Gasteiger charge is -2.02. The molecule has 0 bridgehead atoms. The number of rotatable bonds is 4. The number of hydrogen-bond acceptors (Lipinski definition) is 4. The smallest absolute Gasteiger partial charge is 0.354 e. The number of allylic oxidation sites excluding steroid dienone is 1. The third-order valence-electron chi connectivity index (χ3n) is 2.14. The van der Waals surface area contributed by atoms with E-state index < -0.39 is 5.97 Å². The molecule has 92 valence electrons. The van der Waals surface area contributed by atoms with Crippen LogP contribution in [0.5, 0.6) is 0 Å². The number of carboxylic acid groups (broad SMARTS) is 1. The summed E-state index contributed by atoms with van der Waals surface area (Å²) in [5.74, 6) is -0.838. The zero-order chi connectivity index (χ0) is 13.1. The van der Waals surface area contributed by atoms with E-state index in [0.29, 0.717) is 12.1 Å². The van der Waals surface area contributed by atoms with Crippen molar-refractivity contribution in [2.45, 2.75) is 6.42 Å². The normalized spacial score (nSPS) is 10.3. The van der Waals surface area contributed by atoms with Crippen LogP contribution in [0.2, 0.25) is 5.15 Å². The van der Waals surface area contributed by atoms with Crippen LogP contribution in [0, 0.1) is 0 Å². The van der Waals surface area contributed by atoms with Crippen molar-refractivity contribution in [3.05, 3.63) is 47.7 Å². The van der Waals surface area contributed by atoms with E-state index in [0.717, 1.165) is 0 Å². The Morgan fingerprint density at radius 3 is 2.94 bits per heavy atom. The Kier molecular flexibility index (Phi) is 3.38. The van der Waals surface area contributed by atoms with E-state index in [9.17, 15) is 4.79 Å². The third-order valence-corrected chi connectivity index (χ3v) is 2.32. The number of halogens is 1. The Labute approximate surface area is 108 Å². The average molecular weight is 265 g/mol. The molecule has 2 aromatic heterocycles. The highest BCUT2D eigenvalue weighted by molar-refractivity contribution is 6.29. The van der Waals surface area contributed by atoms with Crippen molar-refractivity contribution in [3.63, 3.8) is 0 Å². The molecule has 0 saturated carbocycles. The second-order valence-electron chi connectivity index (χ2n) is 3.43. The van der Waals surface area contributed by atoms with E-state index in [1.165, 1.54) is 23.1 Å². The molecule has 0 aliphatic rings. The summed E-state index contributed by atoms with van der Waals surface area (Å²) in [5, 5.41) is 13.4. The van der Waals surface area contributed by atoms with Gasteiger partial charge in [0.05, 0.1) is 18.1 Å². The molecule has 0 radical (unpaired) electrons. The van der Waals surface area contributed by atoms with Crippen LogP contribution in [0.15, 0.2) is 31.1 Å². The predicted octanol–water partition coefficient (Wildman–Crippen LogP) is 1.74. The maximum Gasteiger partial charge on any atom is 0.354 e. The first-order valence-corrected chi connectivity index (χ1v) is 5.40. The first-order chi connectivity index (χ1) is 8.61. The summed E-state index contributed by atoms with van der Waals surface area (Å²) in [6, 6.07) is 1.46. The van der Waals surface area contributed by atoms with Gasteiger partial charge in [0.2, 0.25) is 0 Å². The van der Waals surface area contributed by atoms with E-state index in [2.05, 4.69) is 21.6 Å². The van der Waals surface area contributed by atoms with E-state index in [4.69, 9.17) is 16.7 Å². The van der Waals surface area contributed by atoms with Crippen LogP contribution in [0.4, 0.5) is 0 Å². The van der Waals surface area contributed by atoms with Gasteiger partial charge in [0.1, 0.15) is 5.15 Å². The SMILES string of the molecule is C=CCc1cc(C(=O)O)n(-c2cncc(Cl)n2)n1. The van der Waals surface area contributed by atoms with Crippen LogP contribution >= 0.6 is 11.6 Å². The molecule has 0 fully saturated rings. The maximum atomic E-state index is 11.1. The first kappa shape index (κ1) is 12.3. The molecule has 0 unspecified atom stereocenters. The van der Waals surface area contributed by atoms with Gasteiger partial charge in [0, 0.05) is 6.42 Å². The number of carboxylic acids is 1. The van der Waals surface area contributed by atoms with Gasteiger partial charge in [-0.25, -0.2) is 14.5 Å². The Morgan fingerprint density at radius 1 is 1.56 bits per heavy atom. The van der Waals surface area contributed by atoms with Gasteiger partial charge in [-0.15, -0.1) is 6.58 Å². The predicted molar refractivity (Wildman–Crippen MR) is 65.0 cm³/mol. The van der Waals surface area contributed by atoms with Crippen LogP contribution in [0.3, 0.4) is 0 Å². The highest BCUT2D eigenvalue weighted by atomic mass is 35.5. The summed E-state index contributed by atoms with van der Waals surface area (Å²) in [5.41, 5.74) is 0.590. The Morgan fingerprint density at radius 2 is 2.33 bits per heavy atom. The molecule has 6 nitrogen and oxygen atoms in total. The van der Waals surface area contributed by atoms with Crippen molar-refractivity contribution >= 4 is 17.6 Å². The number of aromatic carboxylic acids is 1. The molecule has 0 aliphatic carbocycles. The number of nitrogens with zero attached hydrogens (tertiary/aromatic N) is 4. The van der Waals surface area contributed by atoms with E-state index in [1.807, 2.05) is 0 Å². The van der Waals surface area contributed by atoms with Gasteiger partial charge < -0.3 is 5.11 Å². The lowest BCUT2D eigenvalue weighted by molar-refractivity contribution is 0.0687. The largest absolute Gasteiger partial charge is 0.477 e. The van der Waals surface area contributed by atoms with Crippen molar-refractivity contribution in [2.75, 3.05) is 0 Å². The highest BCUT2D eigenvalue weighted by Gasteiger charge is 2.16. The Bertz CT molecular complexity index is 609. The zero-order valence-corrected chi connectivity index (χ0v) is 10.0. The quantitative estimate of drug-likeness (QED) is 0.851. The molecule has 0 saturated heterocycles. The minimum Gasteiger partial charge on any atom is -0.477 e. The fraction of sp³-hybridized carbons (Fsp3) is 0.0909. The maximum absolute atomic E-state index is 11.1. The van der Waals surface area contributed by atoms with E-state index >= 15 is 0 Å². The van der Waals surface area contributed by atoms with E-state index in [1.54, 1.807) is 6.08 Å². The fourth-order valence-corrected chi connectivity index (χ4v) is 1.58. The van der Waals surface area contributed by atoms with Crippen molar-refractivity contribution in [2.24, 2.45) is 0 Å². The summed E-state index contributed by atoms with van der Waals surface area (Å²) in [6.07, 6.45) is 4.87. The van der Waals surface area contributed by atoms with Crippen LogP contribution in [-0.4, -0.2) is 30.8 Å². The van der Waals surface area contributed by atoms with Crippen molar-refractivity contribution in [3.8, 4) is 5.82 Å². The lowest BCUT2D eigenvalue weighted by atomic mass is 10.3. The second-order valence-corrected chi connectivity index (χ2v) is 3.82. The van der Waals surface area contributed by atoms with Gasteiger partial charge in [-0.2, -0.15) is 5.10 Å². The summed E-state index contributed by atoms with van der Waals surface area (Å²) in [7, 11) is 0. The Balaban J connectivity index is 2.54. The van der Waals surface area contributed by atoms with Gasteiger partial charge in [0.25, 0.3) is 0 Å². The Hall–Kier alpha value is -2.21. The van der Waals surface area contributed by atoms with Crippen LogP contribution in [0.25, 0.3) is 5.82 Å². The average Bonchev–Trinajstić information content (AvgIpc) is 2.74. The molecular formula is C11H9ClN4O2. The summed E-state index contributed by atoms with van der Waals surface area (Å²) in [6.45, 7) is 3.58. The van der Waals surface area contributed by atoms with Crippen molar-refractivity contribution in [1.29, 1.82) is 0 Å². The fourth-order valence-electron chi connectivity index (χ4n) is 1.44. The van der Waals surface area contributed by atoms with Crippen molar-refractivity contribution in [1.82, 2.24) is 19.7 Å². The molecule has 0 aromatic carbocycles. The minimum absolute atomic E-state index is 0.00316. The molecule has 0 atom stereocenters. The monoisotopic (exact) mass is 264 g/mol. The zero-order valence-electron chi connectivity index (χ0n) is 9.25. The summed E-state index contributed by atoms with van der Waals surface area (Å²) in [4.78, 5) is 19.0. The van der Waals surface area contributed by atoms with Gasteiger partial charge in [-0.3, -0.25) is 4.98 Å². The molecule has 7 heteroatoms. The summed E-state index contributed by atoms with van der Waals surface area (Å²) < 4.78 is 1.19. The van der Waals surface area contributed by atoms with Crippen LogP contribution in [0.1, 0.15) is 16.2 Å².